The van der Waals surface area contributed by atoms with E-state index in [4.69, 9.17) is 11.3 Å². The number of methoxy groups -OCH3 is 1. The van der Waals surface area contributed by atoms with Crippen LogP contribution in [0.1, 0.15) is 15.9 Å². The topological polar surface area (TPSA) is 72.7 Å². The third-order valence-electron chi connectivity index (χ3n) is 4.41. The van der Waals surface area contributed by atoms with Crippen LogP contribution in [0.15, 0.2) is 47.1 Å². The van der Waals surface area contributed by atoms with Gasteiger partial charge in [-0.1, -0.05) is 12.1 Å². The molecule has 0 radical (unpaired) electrons. The Morgan fingerprint density at radius 1 is 1.27 bits per heavy atom. The Bertz CT molecular complexity index is 1170. The maximum atomic E-state index is 14.2. The summed E-state index contributed by atoms with van der Waals surface area (Å²) in [7, 11) is 1.15. The largest absolute Gasteiger partial charge is 0.467 e. The number of carbonyl (C=O) groups excluding carboxylic acids is 2. The van der Waals surface area contributed by atoms with E-state index in [0.717, 1.165) is 29.1 Å². The van der Waals surface area contributed by atoms with Crippen LogP contribution in [0.25, 0.3) is 15.7 Å². The molecule has 0 spiro atoms. The molecule has 30 heavy (non-hydrogen) atoms. The average molecular weight is 474 g/mol. The second kappa shape index (κ2) is 8.97. The minimum Gasteiger partial charge on any atom is -0.467 e. The van der Waals surface area contributed by atoms with Gasteiger partial charge in [-0.25, -0.2) is 18.4 Å². The lowest BCUT2D eigenvalue weighted by molar-refractivity contribution is -0.142. The Balaban J connectivity index is 1.94. The number of halogens is 3. The summed E-state index contributed by atoms with van der Waals surface area (Å²) in [4.78, 5) is 32.0. The van der Waals surface area contributed by atoms with Crippen molar-refractivity contribution >= 4 is 44.4 Å². The first-order valence-corrected chi connectivity index (χ1v) is 9.42. The van der Waals surface area contributed by atoms with Gasteiger partial charge in [-0.15, -0.1) is 0 Å². The Labute approximate surface area is 178 Å². The molecule has 0 bridgehead atoms. The number of fused-ring (bicyclic) bond motifs is 1. The summed E-state index contributed by atoms with van der Waals surface area (Å²) < 4.78 is 33.9. The third kappa shape index (κ3) is 4.28. The van der Waals surface area contributed by atoms with Crippen molar-refractivity contribution in [1.29, 1.82) is 0 Å². The Morgan fingerprint density at radius 2 is 1.97 bits per heavy atom. The molecule has 0 saturated carbocycles. The van der Waals surface area contributed by atoms with Gasteiger partial charge in [0.25, 0.3) is 5.91 Å². The highest BCUT2D eigenvalue weighted by atomic mass is 79.9. The highest BCUT2D eigenvalue weighted by Crippen LogP contribution is 2.26. The summed E-state index contributed by atoms with van der Waals surface area (Å²) >= 11 is 3.41. The summed E-state index contributed by atoms with van der Waals surface area (Å²) in [5, 5.41) is 3.07. The number of nitrogens with one attached hydrogen (secondary N) is 1. The number of ether oxygens (including phenoxy) is 1. The van der Waals surface area contributed by atoms with Gasteiger partial charge < -0.3 is 10.1 Å². The maximum Gasteiger partial charge on any atom is 0.328 e. The van der Waals surface area contributed by atoms with Crippen molar-refractivity contribution in [2.45, 2.75) is 12.5 Å². The molecule has 0 aliphatic carbocycles. The SMILES string of the molecule is [C-]#[N+]c1cc(F)c(C(=O)N[C@@H](Cc2ccc(Br)c3ncccc23)C(=O)OC)c(F)c1. The molecule has 152 valence electrons. The Morgan fingerprint density at radius 3 is 2.60 bits per heavy atom. The molecule has 3 aromatic rings. The second-order valence-electron chi connectivity index (χ2n) is 6.26. The zero-order chi connectivity index (χ0) is 21.8. The number of amides is 1. The minimum absolute atomic E-state index is 0.0112. The molecule has 0 aliphatic heterocycles. The van der Waals surface area contributed by atoms with Gasteiger partial charge in [-0.2, -0.15) is 0 Å². The van der Waals surface area contributed by atoms with Crippen molar-refractivity contribution in [3.63, 3.8) is 0 Å². The average Bonchev–Trinajstić information content (AvgIpc) is 2.74. The van der Waals surface area contributed by atoms with Gasteiger partial charge in [-0.05, 0) is 45.8 Å². The van der Waals surface area contributed by atoms with Crippen LogP contribution in [0, 0.1) is 18.2 Å². The number of pyridine rings is 1. The van der Waals surface area contributed by atoms with E-state index in [9.17, 15) is 18.4 Å². The number of hydrogen-bond acceptors (Lipinski definition) is 4. The fraction of sp³-hybridized carbons (Fsp3) is 0.143. The summed E-state index contributed by atoms with van der Waals surface area (Å²) in [6, 6.07) is 7.35. The predicted octanol–water partition coefficient (Wildman–Crippen LogP) is 4.34. The fourth-order valence-electron chi connectivity index (χ4n) is 3.00. The molecule has 0 aliphatic rings. The third-order valence-corrected chi connectivity index (χ3v) is 5.05. The summed E-state index contributed by atoms with van der Waals surface area (Å²) in [6.07, 6.45) is 1.63. The lowest BCUT2D eigenvalue weighted by Gasteiger charge is -2.18. The Kier molecular flexibility index (Phi) is 6.37. The number of carbonyl (C=O) groups is 2. The van der Waals surface area contributed by atoms with Crippen molar-refractivity contribution in [1.82, 2.24) is 10.3 Å². The van der Waals surface area contributed by atoms with Crippen molar-refractivity contribution in [3.8, 4) is 0 Å². The molecule has 0 fully saturated rings. The first-order chi connectivity index (χ1) is 14.3. The Hall–Kier alpha value is -3.38. The number of nitrogens with zero attached hydrogens (tertiary/aromatic N) is 2. The first-order valence-electron chi connectivity index (χ1n) is 8.63. The van der Waals surface area contributed by atoms with E-state index in [1.807, 2.05) is 0 Å². The van der Waals surface area contributed by atoms with Crippen LogP contribution in [0.3, 0.4) is 0 Å². The van der Waals surface area contributed by atoms with Crippen LogP contribution in [0.5, 0.6) is 0 Å². The van der Waals surface area contributed by atoms with Gasteiger partial charge in [0.15, 0.2) is 5.69 Å². The molecular formula is C21H14BrF2N3O3. The van der Waals surface area contributed by atoms with E-state index in [2.05, 4.69) is 31.1 Å². The van der Waals surface area contributed by atoms with Crippen LogP contribution in [-0.4, -0.2) is 30.0 Å². The normalized spacial score (nSPS) is 11.6. The lowest BCUT2D eigenvalue weighted by Crippen LogP contribution is -2.43. The van der Waals surface area contributed by atoms with Crippen LogP contribution in [0.4, 0.5) is 14.5 Å². The van der Waals surface area contributed by atoms with Crippen LogP contribution in [-0.2, 0) is 16.0 Å². The monoisotopic (exact) mass is 473 g/mol. The zero-order valence-corrected chi connectivity index (χ0v) is 17.2. The van der Waals surface area contributed by atoms with E-state index in [0.29, 0.717) is 11.1 Å². The van der Waals surface area contributed by atoms with E-state index in [1.54, 1.807) is 30.5 Å². The van der Waals surface area contributed by atoms with E-state index in [-0.39, 0.29) is 12.1 Å². The minimum atomic E-state index is -1.20. The molecule has 0 unspecified atom stereocenters. The van der Waals surface area contributed by atoms with E-state index >= 15 is 0 Å². The van der Waals surface area contributed by atoms with Crippen molar-refractivity contribution < 1.29 is 23.1 Å². The first kappa shape index (κ1) is 21.3. The number of hydrogen-bond donors (Lipinski definition) is 1. The number of benzene rings is 2. The summed E-state index contributed by atoms with van der Waals surface area (Å²) in [6.45, 7) is 6.84. The standard InChI is InChI=1S/C21H14BrF2N3O3/c1-25-12-9-15(23)18(16(24)10-12)20(28)27-17(21(29)30-2)8-11-5-6-14(22)19-13(11)4-3-7-26-19/h3-7,9-10,17H,8H2,2H3,(H,27,28)/t17-/m0/s1. The smallest absolute Gasteiger partial charge is 0.328 e. The molecule has 1 amide bonds. The number of aromatic nitrogens is 1. The van der Waals surface area contributed by atoms with Gasteiger partial charge in [0, 0.05) is 22.5 Å². The zero-order valence-electron chi connectivity index (χ0n) is 15.6. The van der Waals surface area contributed by atoms with Crippen molar-refractivity contribution in [2.75, 3.05) is 7.11 Å². The van der Waals surface area contributed by atoms with Gasteiger partial charge >= 0.3 is 5.97 Å². The highest BCUT2D eigenvalue weighted by Gasteiger charge is 2.27. The van der Waals surface area contributed by atoms with Gasteiger partial charge in [0.1, 0.15) is 23.2 Å². The maximum absolute atomic E-state index is 14.2. The van der Waals surface area contributed by atoms with Gasteiger partial charge in [0.05, 0.1) is 19.2 Å². The fourth-order valence-corrected chi connectivity index (χ4v) is 3.45. The lowest BCUT2D eigenvalue weighted by atomic mass is 10.0. The molecule has 9 heteroatoms. The molecule has 1 N–H and O–H groups in total. The van der Waals surface area contributed by atoms with Crippen LogP contribution < -0.4 is 5.32 Å². The van der Waals surface area contributed by atoms with Crippen LogP contribution >= 0.6 is 15.9 Å². The van der Waals surface area contributed by atoms with Crippen molar-refractivity contribution in [2.24, 2.45) is 0 Å². The van der Waals surface area contributed by atoms with E-state index in [1.165, 1.54) is 0 Å². The molecule has 1 atom stereocenters. The second-order valence-corrected chi connectivity index (χ2v) is 7.11. The van der Waals surface area contributed by atoms with E-state index < -0.39 is 35.1 Å². The number of rotatable bonds is 5. The number of esters is 1. The molecular weight excluding hydrogens is 460 g/mol. The summed E-state index contributed by atoms with van der Waals surface area (Å²) in [5.74, 6) is -4.29. The molecule has 1 heterocycles. The van der Waals surface area contributed by atoms with Crippen molar-refractivity contribution in [3.05, 3.63) is 81.2 Å². The van der Waals surface area contributed by atoms with Crippen LogP contribution in [0.2, 0.25) is 0 Å². The quantitative estimate of drug-likeness (QED) is 0.441. The molecule has 6 nitrogen and oxygen atoms in total. The summed E-state index contributed by atoms with van der Waals surface area (Å²) in [5.41, 5.74) is 0.191. The highest BCUT2D eigenvalue weighted by molar-refractivity contribution is 9.10. The molecule has 3 rings (SSSR count). The van der Waals surface area contributed by atoms with Gasteiger partial charge in [-0.3, -0.25) is 9.78 Å². The van der Waals surface area contributed by atoms with Gasteiger partial charge in [0.2, 0.25) is 0 Å². The molecule has 1 aromatic heterocycles. The molecule has 0 saturated heterocycles. The molecule has 2 aromatic carbocycles. The predicted molar refractivity (Wildman–Crippen MR) is 109 cm³/mol.